The van der Waals surface area contributed by atoms with E-state index in [4.69, 9.17) is 0 Å². The van der Waals surface area contributed by atoms with Gasteiger partial charge in [0.2, 0.25) is 11.8 Å². The Morgan fingerprint density at radius 3 is 3.00 bits per heavy atom. The average molecular weight is 357 g/mol. The molecule has 0 spiro atoms. The van der Waals surface area contributed by atoms with Gasteiger partial charge in [0.25, 0.3) is 0 Å². The molecule has 0 aromatic carbocycles. The van der Waals surface area contributed by atoms with Crippen LogP contribution in [0.4, 0.5) is 10.1 Å². The minimum atomic E-state index is -0.442. The predicted octanol–water partition coefficient (Wildman–Crippen LogP) is 2.32. The highest BCUT2D eigenvalue weighted by molar-refractivity contribution is 5.92. The van der Waals surface area contributed by atoms with Crippen LogP contribution in [-0.4, -0.2) is 45.0 Å². The summed E-state index contributed by atoms with van der Waals surface area (Å²) < 4.78 is 13.2. The molecule has 3 rings (SSSR count). The van der Waals surface area contributed by atoms with Crippen molar-refractivity contribution in [2.75, 3.05) is 18.4 Å². The van der Waals surface area contributed by atoms with Crippen LogP contribution in [0.5, 0.6) is 0 Å². The zero-order valence-electron chi connectivity index (χ0n) is 14.4. The molecular formula is C18H20FN5O2. The van der Waals surface area contributed by atoms with E-state index in [1.54, 1.807) is 17.2 Å². The van der Waals surface area contributed by atoms with E-state index < -0.39 is 5.82 Å². The summed E-state index contributed by atoms with van der Waals surface area (Å²) in [5, 5.41) is 9.69. The number of aromatic amines is 1. The van der Waals surface area contributed by atoms with Crippen LogP contribution < -0.4 is 5.32 Å². The number of rotatable bonds is 4. The molecule has 1 fully saturated rings. The van der Waals surface area contributed by atoms with E-state index in [-0.39, 0.29) is 17.7 Å². The SMILES string of the molecule is CC(=O)Nc1cn[nH]c1C1CCCN(C(=O)C=Cc2cncc(F)c2)C1. The second-order valence-corrected chi connectivity index (χ2v) is 6.27. The fourth-order valence-electron chi connectivity index (χ4n) is 3.10. The molecule has 7 nitrogen and oxygen atoms in total. The van der Waals surface area contributed by atoms with Crippen molar-refractivity contribution in [2.24, 2.45) is 0 Å². The summed E-state index contributed by atoms with van der Waals surface area (Å²) in [4.78, 5) is 29.3. The lowest BCUT2D eigenvalue weighted by Crippen LogP contribution is -2.38. The average Bonchev–Trinajstić information content (AvgIpc) is 3.07. The highest BCUT2D eigenvalue weighted by atomic mass is 19.1. The zero-order valence-corrected chi connectivity index (χ0v) is 14.4. The number of aromatic nitrogens is 3. The third-order valence-electron chi connectivity index (χ3n) is 4.27. The van der Waals surface area contributed by atoms with Gasteiger partial charge in [-0.1, -0.05) is 0 Å². The molecule has 3 heterocycles. The Bertz CT molecular complexity index is 832. The number of hydrogen-bond acceptors (Lipinski definition) is 4. The van der Waals surface area contributed by atoms with Gasteiger partial charge in [-0.05, 0) is 30.5 Å². The maximum atomic E-state index is 13.2. The number of anilines is 1. The quantitative estimate of drug-likeness (QED) is 0.822. The molecule has 2 aromatic rings. The van der Waals surface area contributed by atoms with Crippen molar-refractivity contribution in [3.63, 3.8) is 0 Å². The zero-order chi connectivity index (χ0) is 18.5. The van der Waals surface area contributed by atoms with Crippen LogP contribution in [0.15, 0.2) is 30.7 Å². The van der Waals surface area contributed by atoms with Crippen molar-refractivity contribution in [3.05, 3.63) is 47.8 Å². The third-order valence-corrected chi connectivity index (χ3v) is 4.27. The molecule has 0 bridgehead atoms. The second kappa shape index (κ2) is 7.90. The van der Waals surface area contributed by atoms with Crippen LogP contribution in [0, 0.1) is 5.82 Å². The first-order valence-electron chi connectivity index (χ1n) is 8.41. The van der Waals surface area contributed by atoms with Gasteiger partial charge in [-0.25, -0.2) is 4.39 Å². The van der Waals surface area contributed by atoms with Crippen molar-refractivity contribution in [1.82, 2.24) is 20.1 Å². The molecule has 0 saturated carbocycles. The van der Waals surface area contributed by atoms with E-state index >= 15 is 0 Å². The van der Waals surface area contributed by atoms with Gasteiger partial charge in [0, 0.05) is 38.2 Å². The van der Waals surface area contributed by atoms with Crippen molar-refractivity contribution in [2.45, 2.75) is 25.7 Å². The number of piperidine rings is 1. The molecule has 1 aliphatic rings. The minimum absolute atomic E-state index is 0.0706. The molecule has 1 atom stereocenters. The molecule has 1 aliphatic heterocycles. The number of amides is 2. The van der Waals surface area contributed by atoms with Crippen LogP contribution in [0.3, 0.4) is 0 Å². The highest BCUT2D eigenvalue weighted by Gasteiger charge is 2.26. The van der Waals surface area contributed by atoms with E-state index in [9.17, 15) is 14.0 Å². The van der Waals surface area contributed by atoms with Gasteiger partial charge >= 0.3 is 0 Å². The molecule has 136 valence electrons. The number of H-pyrrole nitrogens is 1. The van der Waals surface area contributed by atoms with Gasteiger partial charge in [-0.3, -0.25) is 19.7 Å². The molecule has 26 heavy (non-hydrogen) atoms. The Morgan fingerprint density at radius 1 is 1.38 bits per heavy atom. The van der Waals surface area contributed by atoms with E-state index in [0.29, 0.717) is 24.3 Å². The first-order chi connectivity index (χ1) is 12.5. The lowest BCUT2D eigenvalue weighted by molar-refractivity contribution is -0.127. The lowest BCUT2D eigenvalue weighted by Gasteiger charge is -2.32. The summed E-state index contributed by atoms with van der Waals surface area (Å²) >= 11 is 0. The van der Waals surface area contributed by atoms with Gasteiger partial charge in [-0.15, -0.1) is 0 Å². The first-order valence-corrected chi connectivity index (χ1v) is 8.41. The van der Waals surface area contributed by atoms with Crippen LogP contribution in [0.1, 0.15) is 36.9 Å². The Kier molecular flexibility index (Phi) is 5.40. The van der Waals surface area contributed by atoms with Crippen LogP contribution in [-0.2, 0) is 9.59 Å². The number of pyridine rings is 1. The number of carbonyl (C=O) groups excluding carboxylic acids is 2. The molecule has 1 unspecified atom stereocenters. The van der Waals surface area contributed by atoms with E-state index in [1.807, 2.05) is 0 Å². The highest BCUT2D eigenvalue weighted by Crippen LogP contribution is 2.30. The molecule has 0 aliphatic carbocycles. The van der Waals surface area contributed by atoms with E-state index in [1.165, 1.54) is 25.3 Å². The van der Waals surface area contributed by atoms with Crippen molar-refractivity contribution in [3.8, 4) is 0 Å². The van der Waals surface area contributed by atoms with E-state index in [2.05, 4.69) is 20.5 Å². The maximum Gasteiger partial charge on any atom is 0.246 e. The molecule has 1 saturated heterocycles. The molecule has 0 radical (unpaired) electrons. The van der Waals surface area contributed by atoms with Gasteiger partial charge in [0.1, 0.15) is 5.82 Å². The van der Waals surface area contributed by atoms with Gasteiger partial charge in [-0.2, -0.15) is 5.10 Å². The normalized spacial score (nSPS) is 17.5. The number of carbonyl (C=O) groups is 2. The Balaban J connectivity index is 1.67. The molecule has 8 heteroatoms. The molecule has 2 aromatic heterocycles. The summed E-state index contributed by atoms with van der Waals surface area (Å²) in [5.41, 5.74) is 2.02. The number of hydrogen-bond donors (Lipinski definition) is 2. The monoisotopic (exact) mass is 357 g/mol. The Hall–Kier alpha value is -3.03. The van der Waals surface area contributed by atoms with Crippen molar-refractivity contribution < 1.29 is 14.0 Å². The summed E-state index contributed by atoms with van der Waals surface area (Å²) in [5.74, 6) is -0.675. The number of likely N-dealkylation sites (tertiary alicyclic amines) is 1. The fraction of sp³-hybridized carbons (Fsp3) is 0.333. The standard InChI is InChI=1S/C18H20FN5O2/c1-12(25)22-16-10-21-23-18(16)14-3-2-6-24(11-14)17(26)5-4-13-7-15(19)9-20-8-13/h4-5,7-10,14H,2-3,6,11H2,1H3,(H,21,23)(H,22,25). The van der Waals surface area contributed by atoms with Crippen LogP contribution in [0.2, 0.25) is 0 Å². The smallest absolute Gasteiger partial charge is 0.246 e. The summed E-state index contributed by atoms with van der Waals surface area (Å²) in [6, 6.07) is 1.32. The topological polar surface area (TPSA) is 91.0 Å². The summed E-state index contributed by atoms with van der Waals surface area (Å²) in [7, 11) is 0. The lowest BCUT2D eigenvalue weighted by atomic mass is 9.94. The molecular weight excluding hydrogens is 337 g/mol. The second-order valence-electron chi connectivity index (χ2n) is 6.27. The van der Waals surface area contributed by atoms with Crippen LogP contribution in [0.25, 0.3) is 6.08 Å². The predicted molar refractivity (Wildman–Crippen MR) is 94.7 cm³/mol. The fourth-order valence-corrected chi connectivity index (χ4v) is 3.10. The first kappa shape index (κ1) is 17.8. The van der Waals surface area contributed by atoms with Crippen LogP contribution >= 0.6 is 0 Å². The van der Waals surface area contributed by atoms with Gasteiger partial charge < -0.3 is 10.2 Å². The maximum absolute atomic E-state index is 13.2. The minimum Gasteiger partial charge on any atom is -0.338 e. The molecule has 2 N–H and O–H groups in total. The summed E-state index contributed by atoms with van der Waals surface area (Å²) in [6.45, 7) is 2.63. The largest absolute Gasteiger partial charge is 0.338 e. The Labute approximate surface area is 150 Å². The van der Waals surface area contributed by atoms with Crippen molar-refractivity contribution in [1.29, 1.82) is 0 Å². The van der Waals surface area contributed by atoms with E-state index in [0.717, 1.165) is 24.7 Å². The third kappa shape index (κ3) is 4.33. The Morgan fingerprint density at radius 2 is 2.23 bits per heavy atom. The molecule has 2 amide bonds. The van der Waals surface area contributed by atoms with Crippen molar-refractivity contribution >= 4 is 23.6 Å². The number of nitrogens with one attached hydrogen (secondary N) is 2. The number of halogens is 1. The number of nitrogens with zero attached hydrogens (tertiary/aromatic N) is 3. The van der Waals surface area contributed by atoms with Gasteiger partial charge in [0.05, 0.1) is 23.8 Å². The summed E-state index contributed by atoms with van der Waals surface area (Å²) in [6.07, 6.45) is 8.93. The van der Waals surface area contributed by atoms with Gasteiger partial charge in [0.15, 0.2) is 0 Å².